The third-order valence-corrected chi connectivity index (χ3v) is 2.69. The van der Waals surface area contributed by atoms with Crippen LogP contribution in [0.4, 0.5) is 0 Å². The van der Waals surface area contributed by atoms with Crippen LogP contribution < -0.4 is 0 Å². The van der Waals surface area contributed by atoms with Crippen molar-refractivity contribution in [1.29, 1.82) is 0 Å². The van der Waals surface area contributed by atoms with Gasteiger partial charge in [-0.2, -0.15) is 0 Å². The molecule has 0 amide bonds. The van der Waals surface area contributed by atoms with Gasteiger partial charge in [0.05, 0.1) is 5.92 Å². The van der Waals surface area contributed by atoms with E-state index in [-0.39, 0.29) is 12.8 Å². The highest BCUT2D eigenvalue weighted by molar-refractivity contribution is 9.10. The van der Waals surface area contributed by atoms with Gasteiger partial charge in [0.2, 0.25) is 0 Å². The van der Waals surface area contributed by atoms with E-state index >= 15 is 0 Å². The first-order chi connectivity index (χ1) is 7.50. The lowest BCUT2D eigenvalue weighted by Crippen LogP contribution is -2.13. The number of carboxylic acids is 2. The normalized spacial score (nSPS) is 12.1. The van der Waals surface area contributed by atoms with E-state index < -0.39 is 17.9 Å². The maximum absolute atomic E-state index is 11.0. The zero-order valence-corrected chi connectivity index (χ0v) is 9.98. The Morgan fingerprint density at radius 3 is 2.50 bits per heavy atom. The fourth-order valence-electron chi connectivity index (χ4n) is 1.42. The monoisotopic (exact) mass is 286 g/mol. The van der Waals surface area contributed by atoms with E-state index in [9.17, 15) is 9.59 Å². The quantitative estimate of drug-likeness (QED) is 0.872. The molecular formula is C11H11BrO4. The fraction of sp³-hybridized carbons (Fsp3) is 0.273. The minimum absolute atomic E-state index is 0.0983. The van der Waals surface area contributed by atoms with Crippen molar-refractivity contribution in [1.82, 2.24) is 0 Å². The van der Waals surface area contributed by atoms with Crippen LogP contribution in [0.25, 0.3) is 0 Å². The van der Waals surface area contributed by atoms with Crippen LogP contribution in [0, 0.1) is 0 Å². The molecule has 0 radical (unpaired) electrons. The molecule has 0 spiro atoms. The van der Waals surface area contributed by atoms with Crippen LogP contribution in [0.15, 0.2) is 28.7 Å². The molecule has 0 heterocycles. The second-order valence-electron chi connectivity index (χ2n) is 3.38. The van der Waals surface area contributed by atoms with Crippen LogP contribution in [0.3, 0.4) is 0 Å². The van der Waals surface area contributed by atoms with Crippen LogP contribution in [-0.2, 0) is 9.59 Å². The Kier molecular flexibility index (Phi) is 4.49. The lowest BCUT2D eigenvalue weighted by molar-refractivity contribution is -0.140. The first-order valence-corrected chi connectivity index (χ1v) is 5.50. The van der Waals surface area contributed by atoms with Crippen LogP contribution in [0.5, 0.6) is 0 Å². The Balaban J connectivity index is 2.85. The molecule has 0 aromatic heterocycles. The van der Waals surface area contributed by atoms with E-state index in [0.717, 1.165) is 4.47 Å². The van der Waals surface area contributed by atoms with E-state index in [4.69, 9.17) is 10.2 Å². The summed E-state index contributed by atoms with van der Waals surface area (Å²) in [6.45, 7) is 0. The number of carboxylic acid groups (broad SMARTS) is 2. The molecule has 4 nitrogen and oxygen atoms in total. The molecule has 0 saturated heterocycles. The maximum atomic E-state index is 11.0. The van der Waals surface area contributed by atoms with Crippen LogP contribution in [-0.4, -0.2) is 22.2 Å². The Hall–Kier alpha value is -1.36. The smallest absolute Gasteiger partial charge is 0.310 e. The van der Waals surface area contributed by atoms with Gasteiger partial charge in [-0.25, -0.2) is 0 Å². The molecule has 0 aliphatic carbocycles. The Labute approximate surface area is 101 Å². The first kappa shape index (κ1) is 12.7. The predicted molar refractivity (Wildman–Crippen MR) is 61.4 cm³/mol. The van der Waals surface area contributed by atoms with Gasteiger partial charge in [0.1, 0.15) is 0 Å². The molecule has 1 atom stereocenters. The van der Waals surface area contributed by atoms with Gasteiger partial charge in [0.25, 0.3) is 0 Å². The largest absolute Gasteiger partial charge is 0.481 e. The fourth-order valence-corrected chi connectivity index (χ4v) is 1.84. The number of carbonyl (C=O) groups is 2. The molecule has 0 aliphatic heterocycles. The summed E-state index contributed by atoms with van der Waals surface area (Å²) >= 11 is 3.25. The average molecular weight is 287 g/mol. The molecule has 1 rings (SSSR count). The number of rotatable bonds is 5. The molecule has 1 aromatic rings. The molecule has 86 valence electrons. The van der Waals surface area contributed by atoms with E-state index in [1.807, 2.05) is 0 Å². The summed E-state index contributed by atoms with van der Waals surface area (Å²) in [4.78, 5) is 21.4. The molecule has 0 saturated carbocycles. The van der Waals surface area contributed by atoms with Gasteiger partial charge in [0.15, 0.2) is 0 Å². The van der Waals surface area contributed by atoms with Crippen molar-refractivity contribution in [3.63, 3.8) is 0 Å². The van der Waals surface area contributed by atoms with Crippen molar-refractivity contribution in [2.45, 2.75) is 18.8 Å². The summed E-state index contributed by atoms with van der Waals surface area (Å²) in [5.41, 5.74) is 0.614. The van der Waals surface area contributed by atoms with Crippen LogP contribution in [0.1, 0.15) is 24.3 Å². The number of hydrogen-bond donors (Lipinski definition) is 2. The summed E-state index contributed by atoms with van der Waals surface area (Å²) in [6.07, 6.45) is -0.0510. The maximum Gasteiger partial charge on any atom is 0.310 e. The lowest BCUT2D eigenvalue weighted by atomic mass is 9.94. The van der Waals surface area contributed by atoms with Gasteiger partial charge in [-0.15, -0.1) is 0 Å². The van der Waals surface area contributed by atoms with Gasteiger partial charge in [-0.05, 0) is 24.1 Å². The third-order valence-electron chi connectivity index (χ3n) is 2.20. The third kappa shape index (κ3) is 3.66. The SMILES string of the molecule is O=C(O)CCC(C(=O)O)c1cccc(Br)c1. The van der Waals surface area contributed by atoms with Crippen molar-refractivity contribution in [2.24, 2.45) is 0 Å². The molecular weight excluding hydrogens is 276 g/mol. The Bertz CT molecular complexity index is 403. The van der Waals surface area contributed by atoms with Crippen molar-refractivity contribution in [2.75, 3.05) is 0 Å². The molecule has 16 heavy (non-hydrogen) atoms. The number of aliphatic carboxylic acids is 2. The minimum atomic E-state index is -1.00. The number of halogens is 1. The lowest BCUT2D eigenvalue weighted by Gasteiger charge is -2.11. The van der Waals surface area contributed by atoms with E-state index in [1.54, 1.807) is 24.3 Å². The highest BCUT2D eigenvalue weighted by atomic mass is 79.9. The standard InChI is InChI=1S/C11H11BrO4/c12-8-3-1-2-7(6-8)9(11(15)16)4-5-10(13)14/h1-3,6,9H,4-5H2,(H,13,14)(H,15,16). The topological polar surface area (TPSA) is 74.6 Å². The molecule has 1 unspecified atom stereocenters. The van der Waals surface area contributed by atoms with Crippen molar-refractivity contribution >= 4 is 27.9 Å². The van der Waals surface area contributed by atoms with Gasteiger partial charge in [-0.3, -0.25) is 9.59 Å². The highest BCUT2D eigenvalue weighted by Gasteiger charge is 2.20. The average Bonchev–Trinajstić information content (AvgIpc) is 2.17. The summed E-state index contributed by atoms with van der Waals surface area (Å²) in [5.74, 6) is -2.76. The Morgan fingerprint density at radius 2 is 2.00 bits per heavy atom. The van der Waals surface area contributed by atoms with Crippen molar-refractivity contribution < 1.29 is 19.8 Å². The van der Waals surface area contributed by atoms with E-state index in [0.29, 0.717) is 5.56 Å². The van der Waals surface area contributed by atoms with Crippen molar-refractivity contribution in [3.05, 3.63) is 34.3 Å². The summed E-state index contributed by atoms with van der Waals surface area (Å²) in [6, 6.07) is 6.90. The molecule has 0 aliphatic rings. The highest BCUT2D eigenvalue weighted by Crippen LogP contribution is 2.24. The Morgan fingerprint density at radius 1 is 1.31 bits per heavy atom. The molecule has 0 bridgehead atoms. The summed E-state index contributed by atoms with van der Waals surface area (Å²) < 4.78 is 0.784. The second kappa shape index (κ2) is 5.65. The predicted octanol–water partition coefficient (Wildman–Crippen LogP) is 2.48. The summed E-state index contributed by atoms with van der Waals surface area (Å²) in [7, 11) is 0. The number of benzene rings is 1. The molecule has 5 heteroatoms. The molecule has 0 fully saturated rings. The minimum Gasteiger partial charge on any atom is -0.481 e. The van der Waals surface area contributed by atoms with Crippen LogP contribution in [0.2, 0.25) is 0 Å². The zero-order valence-electron chi connectivity index (χ0n) is 8.39. The van der Waals surface area contributed by atoms with Crippen LogP contribution >= 0.6 is 15.9 Å². The van der Waals surface area contributed by atoms with E-state index in [2.05, 4.69) is 15.9 Å². The molecule has 2 N–H and O–H groups in total. The van der Waals surface area contributed by atoms with Gasteiger partial charge < -0.3 is 10.2 Å². The van der Waals surface area contributed by atoms with Gasteiger partial charge in [0, 0.05) is 10.9 Å². The zero-order chi connectivity index (χ0) is 12.1. The van der Waals surface area contributed by atoms with Gasteiger partial charge in [-0.1, -0.05) is 28.1 Å². The number of hydrogen-bond acceptors (Lipinski definition) is 2. The van der Waals surface area contributed by atoms with E-state index in [1.165, 1.54) is 0 Å². The first-order valence-electron chi connectivity index (χ1n) is 4.70. The second-order valence-corrected chi connectivity index (χ2v) is 4.29. The van der Waals surface area contributed by atoms with Gasteiger partial charge >= 0.3 is 11.9 Å². The molecule has 1 aromatic carbocycles. The summed E-state index contributed by atoms with van der Waals surface area (Å²) in [5, 5.41) is 17.6. The van der Waals surface area contributed by atoms with Crippen molar-refractivity contribution in [3.8, 4) is 0 Å².